The highest BCUT2D eigenvalue weighted by molar-refractivity contribution is 5.99. The van der Waals surface area contributed by atoms with Crippen LogP contribution in [0.1, 0.15) is 30.0 Å². The fourth-order valence-electron chi connectivity index (χ4n) is 3.41. The third kappa shape index (κ3) is 5.17. The summed E-state index contributed by atoms with van der Waals surface area (Å²) in [7, 11) is 1.50. The number of ether oxygens (including phenoxy) is 2. The summed E-state index contributed by atoms with van der Waals surface area (Å²) >= 11 is 0. The van der Waals surface area contributed by atoms with E-state index < -0.39 is 12.6 Å². The van der Waals surface area contributed by atoms with Crippen molar-refractivity contribution in [3.8, 4) is 23.0 Å². The molecule has 0 unspecified atom stereocenters. The number of carboxylic acid groups (broad SMARTS) is 1. The molecule has 0 fully saturated rings. The second-order valence-corrected chi connectivity index (χ2v) is 6.85. The number of hydrogen-bond donors (Lipinski definition) is 3. The van der Waals surface area contributed by atoms with E-state index >= 15 is 0 Å². The van der Waals surface area contributed by atoms with Crippen LogP contribution in [0.5, 0.6) is 23.0 Å². The number of methoxy groups -OCH3 is 1. The van der Waals surface area contributed by atoms with E-state index in [0.29, 0.717) is 17.9 Å². The molecule has 3 aromatic carbocycles. The number of carboxylic acids is 1. The average Bonchev–Trinajstić information content (AvgIpc) is 2.77. The fraction of sp³-hybridized carbons (Fsp3) is 0.160. The minimum atomic E-state index is -1.07. The largest absolute Gasteiger partial charge is 0.508 e. The van der Waals surface area contributed by atoms with E-state index in [-0.39, 0.29) is 11.5 Å². The van der Waals surface area contributed by atoms with E-state index in [1.807, 2.05) is 43.3 Å². The predicted molar refractivity (Wildman–Crippen MR) is 119 cm³/mol. The number of aliphatic carboxylic acids is 1. The Balaban J connectivity index is 2.18. The molecule has 0 heterocycles. The maximum absolute atomic E-state index is 10.8. The Morgan fingerprint density at radius 3 is 1.77 bits per heavy atom. The number of rotatable bonds is 8. The molecular formula is C25H24O6. The molecule has 0 aliphatic carbocycles. The highest BCUT2D eigenvalue weighted by atomic mass is 16.5. The van der Waals surface area contributed by atoms with E-state index in [0.717, 1.165) is 27.8 Å². The molecule has 0 amide bonds. The molecule has 0 spiro atoms. The lowest BCUT2D eigenvalue weighted by Gasteiger charge is -2.18. The van der Waals surface area contributed by atoms with Gasteiger partial charge in [0, 0.05) is 0 Å². The van der Waals surface area contributed by atoms with E-state index in [9.17, 15) is 15.0 Å². The molecule has 0 saturated heterocycles. The molecule has 0 atom stereocenters. The summed E-state index contributed by atoms with van der Waals surface area (Å²) in [6.45, 7) is 1.58. The molecule has 6 heteroatoms. The SMILES string of the molecule is CCC(=C(c1ccc(O)cc1)c1ccc(O)cc1)c1ccc(OCC(=O)O)c(OC)c1. The monoisotopic (exact) mass is 420 g/mol. The highest BCUT2D eigenvalue weighted by Crippen LogP contribution is 2.38. The quantitative estimate of drug-likeness (QED) is 0.447. The molecule has 0 aliphatic rings. The van der Waals surface area contributed by atoms with Crippen LogP contribution in [0.25, 0.3) is 11.1 Å². The molecule has 31 heavy (non-hydrogen) atoms. The molecule has 0 aliphatic heterocycles. The summed E-state index contributed by atoms with van der Waals surface area (Å²) in [4.78, 5) is 10.8. The van der Waals surface area contributed by atoms with Crippen molar-refractivity contribution in [3.63, 3.8) is 0 Å². The third-order valence-corrected chi connectivity index (χ3v) is 4.83. The van der Waals surface area contributed by atoms with E-state index in [1.165, 1.54) is 7.11 Å². The number of allylic oxidation sites excluding steroid dienone is 1. The number of aromatic hydroxyl groups is 2. The number of benzene rings is 3. The first-order valence-electron chi connectivity index (χ1n) is 9.78. The van der Waals surface area contributed by atoms with Crippen LogP contribution >= 0.6 is 0 Å². The first-order valence-corrected chi connectivity index (χ1v) is 9.78. The first kappa shape index (κ1) is 21.8. The van der Waals surface area contributed by atoms with Gasteiger partial charge in [0.05, 0.1) is 7.11 Å². The summed E-state index contributed by atoms with van der Waals surface area (Å²) in [5.74, 6) is 0.0597. The van der Waals surface area contributed by atoms with Gasteiger partial charge in [-0.1, -0.05) is 37.3 Å². The normalized spacial score (nSPS) is 10.4. The van der Waals surface area contributed by atoms with Crippen LogP contribution in [0.4, 0.5) is 0 Å². The molecule has 160 valence electrons. The summed E-state index contributed by atoms with van der Waals surface area (Å²) in [6, 6.07) is 19.3. The van der Waals surface area contributed by atoms with Gasteiger partial charge < -0.3 is 24.8 Å². The van der Waals surface area contributed by atoms with Crippen LogP contribution in [0.3, 0.4) is 0 Å². The van der Waals surface area contributed by atoms with E-state index in [2.05, 4.69) is 0 Å². The number of carbonyl (C=O) groups is 1. The van der Waals surface area contributed by atoms with Gasteiger partial charge >= 0.3 is 5.97 Å². The molecular weight excluding hydrogens is 396 g/mol. The first-order chi connectivity index (χ1) is 14.9. The Morgan fingerprint density at radius 1 is 0.806 bits per heavy atom. The third-order valence-electron chi connectivity index (χ3n) is 4.83. The minimum absolute atomic E-state index is 0.174. The fourth-order valence-corrected chi connectivity index (χ4v) is 3.41. The Kier molecular flexibility index (Phi) is 6.82. The van der Waals surface area contributed by atoms with Gasteiger partial charge in [-0.25, -0.2) is 4.79 Å². The second-order valence-electron chi connectivity index (χ2n) is 6.85. The van der Waals surface area contributed by atoms with Crippen molar-refractivity contribution in [2.75, 3.05) is 13.7 Å². The summed E-state index contributed by atoms with van der Waals surface area (Å²) in [5, 5.41) is 28.3. The van der Waals surface area contributed by atoms with Gasteiger partial charge in [-0.15, -0.1) is 0 Å². The summed E-state index contributed by atoms with van der Waals surface area (Å²) in [5.41, 5.74) is 4.66. The highest BCUT2D eigenvalue weighted by Gasteiger charge is 2.16. The minimum Gasteiger partial charge on any atom is -0.508 e. The van der Waals surface area contributed by atoms with Gasteiger partial charge in [0.25, 0.3) is 0 Å². The Bertz CT molecular complexity index is 1030. The van der Waals surface area contributed by atoms with Gasteiger partial charge in [-0.3, -0.25) is 0 Å². The van der Waals surface area contributed by atoms with Crippen LogP contribution in [0.2, 0.25) is 0 Å². The lowest BCUT2D eigenvalue weighted by molar-refractivity contribution is -0.139. The zero-order valence-electron chi connectivity index (χ0n) is 17.3. The lowest BCUT2D eigenvalue weighted by atomic mass is 9.88. The van der Waals surface area contributed by atoms with Gasteiger partial charge in [-0.2, -0.15) is 0 Å². The topological polar surface area (TPSA) is 96.2 Å². The van der Waals surface area contributed by atoms with Crippen LogP contribution in [0, 0.1) is 0 Å². The van der Waals surface area contributed by atoms with Crippen molar-refractivity contribution in [1.82, 2.24) is 0 Å². The van der Waals surface area contributed by atoms with Gasteiger partial charge in [-0.05, 0) is 70.7 Å². The zero-order chi connectivity index (χ0) is 22.4. The average molecular weight is 420 g/mol. The molecule has 6 nitrogen and oxygen atoms in total. The molecule has 3 aromatic rings. The molecule has 3 rings (SSSR count). The Morgan fingerprint density at radius 2 is 1.32 bits per heavy atom. The van der Waals surface area contributed by atoms with Crippen molar-refractivity contribution in [2.45, 2.75) is 13.3 Å². The molecule has 0 aromatic heterocycles. The predicted octanol–water partition coefficient (Wildman–Crippen LogP) is 4.94. The Hall–Kier alpha value is -3.93. The van der Waals surface area contributed by atoms with Gasteiger partial charge in [0.2, 0.25) is 0 Å². The number of phenolic OH excluding ortho intramolecular Hbond substituents is 2. The van der Waals surface area contributed by atoms with Crippen LogP contribution in [0.15, 0.2) is 66.7 Å². The second kappa shape index (κ2) is 9.71. The van der Waals surface area contributed by atoms with Crippen molar-refractivity contribution in [3.05, 3.63) is 83.4 Å². The van der Waals surface area contributed by atoms with Crippen LogP contribution in [-0.4, -0.2) is 35.0 Å². The molecule has 0 saturated carbocycles. The van der Waals surface area contributed by atoms with Crippen molar-refractivity contribution in [1.29, 1.82) is 0 Å². The van der Waals surface area contributed by atoms with Crippen molar-refractivity contribution >= 4 is 17.1 Å². The maximum Gasteiger partial charge on any atom is 0.341 e. The zero-order valence-corrected chi connectivity index (χ0v) is 17.3. The van der Waals surface area contributed by atoms with E-state index in [1.54, 1.807) is 30.3 Å². The standard InChI is InChI=1S/C25H24O6/c1-3-21(18-8-13-22(23(14-18)30-2)31-15-24(28)29)25(16-4-9-19(26)10-5-16)17-6-11-20(27)12-7-17/h4-14,26-27H,3,15H2,1-2H3,(H,28,29). The molecule has 0 radical (unpaired) electrons. The van der Waals surface area contributed by atoms with Gasteiger partial charge in [0.1, 0.15) is 11.5 Å². The maximum atomic E-state index is 10.8. The van der Waals surface area contributed by atoms with Gasteiger partial charge in [0.15, 0.2) is 18.1 Å². The van der Waals surface area contributed by atoms with Crippen molar-refractivity contribution in [2.24, 2.45) is 0 Å². The number of hydrogen-bond acceptors (Lipinski definition) is 5. The lowest BCUT2D eigenvalue weighted by Crippen LogP contribution is -2.10. The Labute approximate surface area is 180 Å². The number of phenols is 2. The smallest absolute Gasteiger partial charge is 0.341 e. The van der Waals surface area contributed by atoms with Crippen molar-refractivity contribution < 1.29 is 29.6 Å². The van der Waals surface area contributed by atoms with Crippen LogP contribution < -0.4 is 9.47 Å². The summed E-state index contributed by atoms with van der Waals surface area (Å²) in [6.07, 6.45) is 0.690. The molecule has 0 bridgehead atoms. The summed E-state index contributed by atoms with van der Waals surface area (Å²) < 4.78 is 10.7. The van der Waals surface area contributed by atoms with E-state index in [4.69, 9.17) is 14.6 Å². The molecule has 3 N–H and O–H groups in total. The van der Waals surface area contributed by atoms with Crippen LogP contribution in [-0.2, 0) is 4.79 Å².